The van der Waals surface area contributed by atoms with Gasteiger partial charge in [-0.3, -0.25) is 15.3 Å². The first-order valence-corrected chi connectivity index (χ1v) is 10.6. The van der Waals surface area contributed by atoms with Gasteiger partial charge in [0.2, 0.25) is 0 Å². The van der Waals surface area contributed by atoms with Gasteiger partial charge in [-0.15, -0.1) is 12.6 Å². The van der Waals surface area contributed by atoms with Crippen LogP contribution < -0.4 is 20.8 Å². The second-order valence-corrected chi connectivity index (χ2v) is 7.76. The zero-order chi connectivity index (χ0) is 20.2. The minimum atomic E-state index is -0.142. The molecule has 1 saturated heterocycles. The fourth-order valence-electron chi connectivity index (χ4n) is 3.74. The fourth-order valence-corrected chi connectivity index (χ4v) is 4.03. The van der Waals surface area contributed by atoms with E-state index in [4.69, 9.17) is 23.1 Å². The first-order chi connectivity index (χ1) is 14.2. The number of pyridine rings is 1. The molecule has 2 aromatic rings. The number of ether oxygens (including phenoxy) is 1. The van der Waals surface area contributed by atoms with Crippen LogP contribution in [0.25, 0.3) is 0 Å². The lowest BCUT2D eigenvalue weighted by Gasteiger charge is -2.38. The fraction of sp³-hybridized carbons (Fsp3) is 0.429. The van der Waals surface area contributed by atoms with Crippen LogP contribution >= 0.6 is 12.6 Å². The number of hydrogen-bond donors (Lipinski definition) is 3. The summed E-state index contributed by atoms with van der Waals surface area (Å²) in [6.45, 7) is 6.46. The monoisotopic (exact) mass is 412 g/mol. The molecule has 0 aliphatic carbocycles. The number of thiol groups is 1. The molecule has 0 amide bonds. The Balaban J connectivity index is 1.36. The predicted molar refractivity (Wildman–Crippen MR) is 121 cm³/mol. The summed E-state index contributed by atoms with van der Waals surface area (Å²) in [5, 5.41) is 4.64. The van der Waals surface area contributed by atoms with Crippen LogP contribution in [0, 0.1) is 0 Å². The Hall–Kier alpha value is -2.45. The molecule has 4 rings (SSSR count). The van der Waals surface area contributed by atoms with Crippen molar-refractivity contribution in [2.24, 2.45) is 5.10 Å². The summed E-state index contributed by atoms with van der Waals surface area (Å²) in [5.41, 5.74) is 13.8. The number of rotatable bonds is 5. The van der Waals surface area contributed by atoms with Gasteiger partial charge in [-0.25, -0.2) is 0 Å². The first kappa shape index (κ1) is 19.8. The number of nitrogens with zero attached hydrogens (tertiary/aromatic N) is 4. The second-order valence-electron chi connectivity index (χ2n) is 7.28. The zero-order valence-electron chi connectivity index (χ0n) is 16.7. The molecule has 154 valence electrons. The molecule has 0 spiro atoms. The largest absolute Gasteiger partial charge is 0.491 e. The SMILES string of the molecule is CCc1ccnc2c1OCC/C2=N/NC(S)N1CCN(c2ccc(N)cc2)CC1. The number of fused-ring (bicyclic) bond motifs is 1. The van der Waals surface area contributed by atoms with E-state index in [9.17, 15) is 0 Å². The first-order valence-electron chi connectivity index (χ1n) is 10.1. The summed E-state index contributed by atoms with van der Waals surface area (Å²) in [6.07, 6.45) is 3.49. The topological polar surface area (TPSA) is 79.0 Å². The zero-order valence-corrected chi connectivity index (χ0v) is 17.6. The van der Waals surface area contributed by atoms with Gasteiger partial charge in [-0.1, -0.05) is 6.92 Å². The number of piperazine rings is 1. The van der Waals surface area contributed by atoms with Crippen molar-refractivity contribution in [3.63, 3.8) is 0 Å². The standard InChI is InChI=1S/C21H28N6OS/c1-2-15-7-9-23-19-18(8-14-28-20(15)19)24-25-21(29)27-12-10-26(11-13-27)17-5-3-16(22)4-6-17/h3-7,9,21,25,29H,2,8,10-14,22H2,1H3/b24-18-. The number of nitrogens with one attached hydrogen (secondary N) is 1. The molecule has 29 heavy (non-hydrogen) atoms. The van der Waals surface area contributed by atoms with Crippen molar-refractivity contribution < 1.29 is 4.74 Å². The quantitative estimate of drug-likeness (QED) is 0.303. The number of nitrogens with two attached hydrogens (primary N) is 1. The summed E-state index contributed by atoms with van der Waals surface area (Å²) < 4.78 is 5.85. The number of benzene rings is 1. The van der Waals surface area contributed by atoms with E-state index in [-0.39, 0.29) is 5.50 Å². The molecule has 1 fully saturated rings. The average molecular weight is 413 g/mol. The number of aromatic nitrogens is 1. The Morgan fingerprint density at radius 1 is 1.21 bits per heavy atom. The molecule has 8 heteroatoms. The molecule has 2 aliphatic heterocycles. The van der Waals surface area contributed by atoms with Gasteiger partial charge in [0.05, 0.1) is 12.3 Å². The van der Waals surface area contributed by atoms with Gasteiger partial charge < -0.3 is 15.4 Å². The molecule has 0 bridgehead atoms. The maximum Gasteiger partial charge on any atom is 0.150 e. The highest BCUT2D eigenvalue weighted by Crippen LogP contribution is 2.27. The third-order valence-electron chi connectivity index (χ3n) is 5.46. The normalized spacial score (nSPS) is 19.5. The van der Waals surface area contributed by atoms with E-state index in [2.05, 4.69) is 44.4 Å². The number of hydrazone groups is 1. The van der Waals surface area contributed by atoms with Crippen molar-refractivity contribution in [2.75, 3.05) is 43.4 Å². The highest BCUT2D eigenvalue weighted by molar-refractivity contribution is 7.80. The Bertz CT molecular complexity index is 864. The lowest BCUT2D eigenvalue weighted by atomic mass is 10.1. The molecule has 0 radical (unpaired) electrons. The Morgan fingerprint density at radius 3 is 2.69 bits per heavy atom. The molecule has 0 saturated carbocycles. The Morgan fingerprint density at radius 2 is 1.97 bits per heavy atom. The lowest BCUT2D eigenvalue weighted by molar-refractivity contribution is 0.218. The maximum atomic E-state index is 5.85. The van der Waals surface area contributed by atoms with Gasteiger partial charge in [0.1, 0.15) is 16.9 Å². The van der Waals surface area contributed by atoms with Crippen LogP contribution in [-0.2, 0) is 6.42 Å². The minimum absolute atomic E-state index is 0.142. The molecular weight excluding hydrogens is 384 g/mol. The molecule has 1 aromatic carbocycles. The summed E-state index contributed by atoms with van der Waals surface area (Å²) in [7, 11) is 0. The van der Waals surface area contributed by atoms with Gasteiger partial charge in [0.25, 0.3) is 0 Å². The highest BCUT2D eigenvalue weighted by Gasteiger charge is 2.24. The smallest absolute Gasteiger partial charge is 0.150 e. The van der Waals surface area contributed by atoms with Gasteiger partial charge in [-0.2, -0.15) is 5.10 Å². The van der Waals surface area contributed by atoms with Crippen molar-refractivity contribution in [2.45, 2.75) is 25.3 Å². The third kappa shape index (κ3) is 4.43. The molecule has 1 aromatic heterocycles. The maximum absolute atomic E-state index is 5.85. The van der Waals surface area contributed by atoms with Crippen molar-refractivity contribution in [1.82, 2.24) is 15.3 Å². The van der Waals surface area contributed by atoms with E-state index < -0.39 is 0 Å². The van der Waals surface area contributed by atoms with Crippen molar-refractivity contribution in [3.05, 3.63) is 47.8 Å². The van der Waals surface area contributed by atoms with Crippen molar-refractivity contribution >= 4 is 29.7 Å². The van der Waals surface area contributed by atoms with Crippen molar-refractivity contribution in [3.8, 4) is 5.75 Å². The van der Waals surface area contributed by atoms with Crippen LogP contribution in [0.2, 0.25) is 0 Å². The molecule has 2 aliphatic rings. The van der Waals surface area contributed by atoms with E-state index >= 15 is 0 Å². The number of nitrogen functional groups attached to an aromatic ring is 1. The molecule has 3 heterocycles. The van der Waals surface area contributed by atoms with E-state index in [1.54, 1.807) is 0 Å². The van der Waals surface area contributed by atoms with E-state index in [1.165, 1.54) is 11.3 Å². The van der Waals surface area contributed by atoms with Crippen LogP contribution in [0.15, 0.2) is 41.6 Å². The minimum Gasteiger partial charge on any atom is -0.491 e. The second kappa shape index (κ2) is 8.92. The lowest BCUT2D eigenvalue weighted by Crippen LogP contribution is -2.52. The Labute approximate surface area is 177 Å². The van der Waals surface area contributed by atoms with Gasteiger partial charge in [0, 0.05) is 50.2 Å². The average Bonchev–Trinajstić information content (AvgIpc) is 2.77. The van der Waals surface area contributed by atoms with Gasteiger partial charge in [-0.05, 0) is 42.3 Å². The van der Waals surface area contributed by atoms with Crippen LogP contribution in [0.1, 0.15) is 24.6 Å². The molecular formula is C21H28N6OS. The van der Waals surface area contributed by atoms with Crippen LogP contribution in [0.3, 0.4) is 0 Å². The van der Waals surface area contributed by atoms with Crippen LogP contribution in [-0.4, -0.2) is 53.9 Å². The van der Waals surface area contributed by atoms with E-state index in [0.717, 1.165) is 61.9 Å². The van der Waals surface area contributed by atoms with E-state index in [1.807, 2.05) is 24.4 Å². The van der Waals surface area contributed by atoms with Gasteiger partial charge in [0.15, 0.2) is 0 Å². The Kier molecular flexibility index (Phi) is 6.10. The summed E-state index contributed by atoms with van der Waals surface area (Å²) in [4.78, 5) is 9.16. The predicted octanol–water partition coefficient (Wildman–Crippen LogP) is 2.34. The summed E-state index contributed by atoms with van der Waals surface area (Å²) in [6, 6.07) is 10.1. The molecule has 1 atom stereocenters. The molecule has 7 nitrogen and oxygen atoms in total. The van der Waals surface area contributed by atoms with E-state index in [0.29, 0.717) is 6.61 Å². The van der Waals surface area contributed by atoms with Crippen LogP contribution in [0.5, 0.6) is 5.75 Å². The molecule has 3 N–H and O–H groups in total. The van der Waals surface area contributed by atoms with Crippen molar-refractivity contribution in [1.29, 1.82) is 0 Å². The summed E-state index contributed by atoms with van der Waals surface area (Å²) in [5.74, 6) is 0.870. The number of hydrogen-bond acceptors (Lipinski definition) is 8. The third-order valence-corrected chi connectivity index (χ3v) is 5.90. The van der Waals surface area contributed by atoms with Gasteiger partial charge >= 0.3 is 0 Å². The number of aryl methyl sites for hydroxylation is 1. The summed E-state index contributed by atoms with van der Waals surface area (Å²) >= 11 is 4.73. The number of anilines is 2. The highest BCUT2D eigenvalue weighted by atomic mass is 32.1. The van der Waals surface area contributed by atoms with Crippen LogP contribution in [0.4, 0.5) is 11.4 Å². The molecule has 1 unspecified atom stereocenters.